The van der Waals surface area contributed by atoms with E-state index in [4.69, 9.17) is 9.47 Å². The lowest BCUT2D eigenvalue weighted by Crippen LogP contribution is -2.41. The molecule has 0 saturated carbocycles. The molecule has 3 nitrogen and oxygen atoms in total. The molecule has 28 heavy (non-hydrogen) atoms. The van der Waals surface area contributed by atoms with Gasteiger partial charge in [-0.25, -0.2) is 0 Å². The Morgan fingerprint density at radius 3 is 2.46 bits per heavy atom. The van der Waals surface area contributed by atoms with E-state index in [0.29, 0.717) is 0 Å². The number of rotatable bonds is 3. The van der Waals surface area contributed by atoms with Gasteiger partial charge in [-0.15, -0.1) is 0 Å². The van der Waals surface area contributed by atoms with E-state index in [0.717, 1.165) is 35.7 Å². The molecule has 3 aromatic carbocycles. The van der Waals surface area contributed by atoms with Crippen LogP contribution in [0.4, 0.5) is 5.69 Å². The van der Waals surface area contributed by atoms with Crippen molar-refractivity contribution in [3.63, 3.8) is 0 Å². The van der Waals surface area contributed by atoms with Crippen molar-refractivity contribution in [3.05, 3.63) is 77.9 Å². The smallest absolute Gasteiger partial charge is 0.291 e. The summed E-state index contributed by atoms with van der Waals surface area (Å²) < 4.78 is 12.8. The average Bonchev–Trinajstić information content (AvgIpc) is 2.74. The predicted octanol–water partition coefficient (Wildman–Crippen LogP) is 5.89. The summed E-state index contributed by atoms with van der Waals surface area (Å²) in [6, 6.07) is 18.9. The molecule has 0 aromatic heterocycles. The minimum absolute atomic E-state index is 0.842. The zero-order valence-corrected chi connectivity index (χ0v) is 16.2. The number of fused-ring (bicyclic) bond motifs is 4. The summed E-state index contributed by atoms with van der Waals surface area (Å²) in [4.78, 5) is 2.31. The molecule has 0 saturated heterocycles. The van der Waals surface area contributed by atoms with Gasteiger partial charge < -0.3 is 14.4 Å². The molecule has 0 fully saturated rings. The Morgan fingerprint density at radius 1 is 0.821 bits per heavy atom. The highest BCUT2D eigenvalue weighted by Crippen LogP contribution is 2.41. The zero-order valence-electron chi connectivity index (χ0n) is 16.2. The summed E-state index contributed by atoms with van der Waals surface area (Å²) >= 11 is 0. The highest BCUT2D eigenvalue weighted by Gasteiger charge is 2.36. The third kappa shape index (κ3) is 2.66. The molecule has 5 rings (SSSR count). The van der Waals surface area contributed by atoms with E-state index >= 15 is 0 Å². The Hall–Kier alpha value is -3.20. The minimum atomic E-state index is -0.898. The predicted molar refractivity (Wildman–Crippen MR) is 116 cm³/mol. The number of nitrogens with zero attached hydrogens (tertiary/aromatic N) is 1. The molecule has 2 aliphatic rings. The molecule has 0 N–H and O–H groups in total. The largest absolute Gasteiger partial charge is 0.445 e. The van der Waals surface area contributed by atoms with Gasteiger partial charge in [0.15, 0.2) is 0 Å². The van der Waals surface area contributed by atoms with Gasteiger partial charge >= 0.3 is 0 Å². The number of anilines is 1. The van der Waals surface area contributed by atoms with Crippen LogP contribution in [0.2, 0.25) is 0 Å². The molecular formula is C25H23NO2. The molecule has 1 unspecified atom stereocenters. The molecule has 0 bridgehead atoms. The van der Waals surface area contributed by atoms with Crippen LogP contribution in [0.3, 0.4) is 0 Å². The summed E-state index contributed by atoms with van der Waals surface area (Å²) in [5.74, 6) is 0.791. The highest BCUT2D eigenvalue weighted by atomic mass is 16.7. The van der Waals surface area contributed by atoms with Crippen LogP contribution in [0.15, 0.2) is 66.7 Å². The van der Waals surface area contributed by atoms with E-state index in [1.807, 2.05) is 18.2 Å². The van der Waals surface area contributed by atoms with E-state index < -0.39 is 5.79 Å². The molecule has 0 radical (unpaired) electrons. The van der Waals surface area contributed by atoms with E-state index in [2.05, 4.69) is 79.4 Å². The number of hydrogen-bond acceptors (Lipinski definition) is 3. The molecule has 3 heteroatoms. The Kier molecular flexibility index (Phi) is 3.90. The Balaban J connectivity index is 1.52. The summed E-state index contributed by atoms with van der Waals surface area (Å²) in [5, 5.41) is 2.40. The zero-order chi connectivity index (χ0) is 19.1. The second-order valence-electron chi connectivity index (χ2n) is 7.19. The fourth-order valence-electron chi connectivity index (χ4n) is 4.03. The topological polar surface area (TPSA) is 21.7 Å². The summed E-state index contributed by atoms with van der Waals surface area (Å²) in [6.07, 6.45) is 8.19. The first-order chi connectivity index (χ1) is 13.7. The SMILES string of the molecule is CCN(CC)c1ccc2c(c1)OC1(C=C2)C=Cc2c(ccc3ccccc23)O1. The van der Waals surface area contributed by atoms with Crippen molar-refractivity contribution in [1.82, 2.24) is 0 Å². The van der Waals surface area contributed by atoms with E-state index in [9.17, 15) is 0 Å². The van der Waals surface area contributed by atoms with Gasteiger partial charge in [0.05, 0.1) is 0 Å². The minimum Gasteiger partial charge on any atom is -0.445 e. The lowest BCUT2D eigenvalue weighted by Gasteiger charge is -2.36. The Morgan fingerprint density at radius 2 is 1.61 bits per heavy atom. The quantitative estimate of drug-likeness (QED) is 0.574. The normalized spacial score (nSPS) is 19.1. The summed E-state index contributed by atoms with van der Waals surface area (Å²) in [7, 11) is 0. The van der Waals surface area contributed by atoms with Crippen LogP contribution >= 0.6 is 0 Å². The fraction of sp³-hybridized carbons (Fsp3) is 0.200. The molecule has 0 amide bonds. The van der Waals surface area contributed by atoms with Gasteiger partial charge in [0, 0.05) is 48.1 Å². The molecule has 1 atom stereocenters. The van der Waals surface area contributed by atoms with Crippen LogP contribution < -0.4 is 14.4 Å². The maximum Gasteiger partial charge on any atom is 0.291 e. The van der Waals surface area contributed by atoms with Gasteiger partial charge in [0.25, 0.3) is 5.79 Å². The third-order valence-electron chi connectivity index (χ3n) is 5.57. The first kappa shape index (κ1) is 16.9. The first-order valence-corrected chi connectivity index (χ1v) is 9.88. The van der Waals surface area contributed by atoms with Crippen molar-refractivity contribution in [2.75, 3.05) is 18.0 Å². The lowest BCUT2D eigenvalue weighted by atomic mass is 9.98. The molecule has 3 aromatic rings. The first-order valence-electron chi connectivity index (χ1n) is 9.88. The van der Waals surface area contributed by atoms with E-state index in [1.165, 1.54) is 16.5 Å². The van der Waals surface area contributed by atoms with Crippen LogP contribution in [0.25, 0.3) is 22.9 Å². The molecule has 2 heterocycles. The van der Waals surface area contributed by atoms with E-state index in [1.54, 1.807) is 0 Å². The maximum absolute atomic E-state index is 6.39. The maximum atomic E-state index is 6.39. The Bertz CT molecular complexity index is 1110. The molecule has 1 spiro atoms. The third-order valence-corrected chi connectivity index (χ3v) is 5.57. The van der Waals surface area contributed by atoms with Crippen molar-refractivity contribution in [3.8, 4) is 11.5 Å². The standard InChI is InChI=1S/C25H23NO2/c1-3-26(4-2)20-11-9-19-13-15-25(28-24(19)17-20)16-14-22-21-8-6-5-7-18(21)10-12-23(22)27-25/h5-17H,3-4H2,1-2H3. The fourth-order valence-corrected chi connectivity index (χ4v) is 4.03. The van der Waals surface area contributed by atoms with Crippen molar-refractivity contribution in [2.45, 2.75) is 19.6 Å². The van der Waals surface area contributed by atoms with Gasteiger partial charge in [-0.1, -0.05) is 30.3 Å². The van der Waals surface area contributed by atoms with Crippen LogP contribution in [0.5, 0.6) is 11.5 Å². The molecular weight excluding hydrogens is 346 g/mol. The highest BCUT2D eigenvalue weighted by molar-refractivity contribution is 5.93. The van der Waals surface area contributed by atoms with E-state index in [-0.39, 0.29) is 0 Å². The molecule has 0 aliphatic carbocycles. The van der Waals surface area contributed by atoms with Gasteiger partial charge in [-0.3, -0.25) is 0 Å². The lowest BCUT2D eigenvalue weighted by molar-refractivity contribution is -0.0305. The Labute approximate surface area is 165 Å². The number of ether oxygens (including phenoxy) is 2. The van der Waals surface area contributed by atoms with Crippen LogP contribution in [-0.4, -0.2) is 18.9 Å². The summed E-state index contributed by atoms with van der Waals surface area (Å²) in [6.45, 7) is 6.26. The second-order valence-corrected chi connectivity index (χ2v) is 7.19. The molecule has 2 aliphatic heterocycles. The summed E-state index contributed by atoms with van der Waals surface area (Å²) in [5.41, 5.74) is 3.34. The second kappa shape index (κ2) is 6.45. The van der Waals surface area contributed by atoms with Gasteiger partial charge in [0.1, 0.15) is 11.5 Å². The van der Waals surface area contributed by atoms with Gasteiger partial charge in [-0.2, -0.15) is 0 Å². The number of hydrogen-bond donors (Lipinski definition) is 0. The van der Waals surface area contributed by atoms with Crippen molar-refractivity contribution < 1.29 is 9.47 Å². The van der Waals surface area contributed by atoms with Crippen LogP contribution in [0.1, 0.15) is 25.0 Å². The molecule has 140 valence electrons. The van der Waals surface area contributed by atoms with Crippen molar-refractivity contribution >= 4 is 28.6 Å². The monoisotopic (exact) mass is 369 g/mol. The van der Waals surface area contributed by atoms with Crippen LogP contribution in [0, 0.1) is 0 Å². The van der Waals surface area contributed by atoms with Gasteiger partial charge in [0.2, 0.25) is 0 Å². The number of benzene rings is 3. The van der Waals surface area contributed by atoms with Crippen molar-refractivity contribution in [1.29, 1.82) is 0 Å². The average molecular weight is 369 g/mol. The van der Waals surface area contributed by atoms with Crippen LogP contribution in [-0.2, 0) is 0 Å². The van der Waals surface area contributed by atoms with Gasteiger partial charge in [-0.05, 0) is 55.0 Å². The van der Waals surface area contributed by atoms with Crippen molar-refractivity contribution in [2.24, 2.45) is 0 Å².